The van der Waals surface area contributed by atoms with Crippen LogP contribution in [-0.2, 0) is 28.6 Å². The number of halogens is 1. The fourth-order valence-electron chi connectivity index (χ4n) is 4.55. The quantitative estimate of drug-likeness (QED) is 0.238. The third-order valence-corrected chi connectivity index (χ3v) is 7.91. The molecule has 11 heteroatoms. The summed E-state index contributed by atoms with van der Waals surface area (Å²) in [6.07, 6.45) is 4.02. The van der Waals surface area contributed by atoms with E-state index in [0.717, 1.165) is 6.08 Å². The third kappa shape index (κ3) is 8.69. The number of carbonyl (C=O) groups is 4. The minimum Gasteiger partial charge on any atom is -0.439 e. The SMILES string of the molecule is COC1/C=C\C=C(/C)C(=O)NC2=CC(=O)C(I)=C(CC(C)CC(OC)C(O)C(C)/C=C(\C)C1OC(N)=O)C2=O. The molecule has 6 unspecified atom stereocenters. The molecule has 2 aliphatic rings. The number of aliphatic hydroxyl groups excluding tert-OH is 1. The standard InChI is InChI=1S/C28H37IN2O8/c1-14-10-18-23(29)20(32)13-19(25(18)34)31-27(35)15(2)8-7-9-21(37-5)26(39-28(30)36)17(4)12-16(3)24(33)22(11-14)38-6/h7-9,12-14,16,21-22,24,26,33H,10-11H2,1-6H3,(H2,30,36)(H,31,35)/b9-7-,15-8+,17-12+. The van der Waals surface area contributed by atoms with Crippen LogP contribution in [0.1, 0.15) is 40.5 Å². The van der Waals surface area contributed by atoms with Crippen molar-refractivity contribution in [2.45, 2.75) is 65.0 Å². The summed E-state index contributed by atoms with van der Waals surface area (Å²) < 4.78 is 16.8. The van der Waals surface area contributed by atoms with Crippen LogP contribution in [0.4, 0.5) is 4.79 Å². The molecule has 2 rings (SSSR count). The number of carbonyl (C=O) groups excluding carboxylic acids is 4. The summed E-state index contributed by atoms with van der Waals surface area (Å²) >= 11 is 1.86. The van der Waals surface area contributed by atoms with Crippen LogP contribution in [0.15, 0.2) is 56.4 Å². The molecule has 10 nitrogen and oxygen atoms in total. The van der Waals surface area contributed by atoms with Crippen molar-refractivity contribution in [1.29, 1.82) is 0 Å². The molecule has 214 valence electrons. The first-order chi connectivity index (χ1) is 18.3. The van der Waals surface area contributed by atoms with Crippen molar-refractivity contribution < 1.29 is 38.5 Å². The lowest BCUT2D eigenvalue weighted by Crippen LogP contribution is -2.37. The first-order valence-electron chi connectivity index (χ1n) is 12.5. The number of allylic oxidation sites excluding steroid dienone is 5. The molecule has 0 aromatic rings. The summed E-state index contributed by atoms with van der Waals surface area (Å²) in [6, 6.07) is 0. The molecule has 2 amide bonds. The van der Waals surface area contributed by atoms with Crippen LogP contribution in [0.25, 0.3) is 0 Å². The zero-order valence-electron chi connectivity index (χ0n) is 23.0. The third-order valence-electron chi connectivity index (χ3n) is 6.73. The largest absolute Gasteiger partial charge is 0.439 e. The van der Waals surface area contributed by atoms with E-state index in [-0.39, 0.29) is 29.4 Å². The Morgan fingerprint density at radius 3 is 2.41 bits per heavy atom. The Labute approximate surface area is 242 Å². The van der Waals surface area contributed by atoms with Gasteiger partial charge in [-0.1, -0.05) is 38.2 Å². The monoisotopic (exact) mass is 656 g/mol. The number of amides is 2. The van der Waals surface area contributed by atoms with E-state index in [1.54, 1.807) is 32.1 Å². The van der Waals surface area contributed by atoms with E-state index in [1.165, 1.54) is 20.3 Å². The van der Waals surface area contributed by atoms with Gasteiger partial charge in [0.25, 0.3) is 5.91 Å². The van der Waals surface area contributed by atoms with Gasteiger partial charge >= 0.3 is 6.09 Å². The number of ketones is 2. The number of hydrogen-bond donors (Lipinski definition) is 3. The number of hydrogen-bond acceptors (Lipinski definition) is 8. The van der Waals surface area contributed by atoms with Crippen molar-refractivity contribution in [3.8, 4) is 0 Å². The molecule has 2 bridgehead atoms. The second-order valence-corrected chi connectivity index (χ2v) is 10.9. The Morgan fingerprint density at radius 2 is 1.82 bits per heavy atom. The molecule has 1 aliphatic heterocycles. The van der Waals surface area contributed by atoms with Crippen LogP contribution in [0, 0.1) is 11.8 Å². The topological polar surface area (TPSA) is 154 Å². The summed E-state index contributed by atoms with van der Waals surface area (Å²) in [5.41, 5.74) is 6.40. The summed E-state index contributed by atoms with van der Waals surface area (Å²) in [6.45, 7) is 7.00. The molecule has 1 heterocycles. The van der Waals surface area contributed by atoms with Gasteiger partial charge in [-0.2, -0.15) is 0 Å². The Balaban J connectivity index is 2.58. The van der Waals surface area contributed by atoms with Gasteiger partial charge in [-0.25, -0.2) is 4.79 Å². The highest BCUT2D eigenvalue weighted by Crippen LogP contribution is 2.31. The lowest BCUT2D eigenvalue weighted by atomic mass is 9.86. The summed E-state index contributed by atoms with van der Waals surface area (Å²) in [5, 5.41) is 13.7. The van der Waals surface area contributed by atoms with E-state index in [4.69, 9.17) is 19.9 Å². The second-order valence-electron chi connectivity index (χ2n) is 9.87. The van der Waals surface area contributed by atoms with E-state index in [0.29, 0.717) is 21.1 Å². The van der Waals surface area contributed by atoms with Gasteiger partial charge in [0.1, 0.15) is 6.10 Å². The van der Waals surface area contributed by atoms with Gasteiger partial charge in [-0.15, -0.1) is 0 Å². The van der Waals surface area contributed by atoms with Crippen molar-refractivity contribution in [3.05, 3.63) is 56.4 Å². The Kier molecular flexibility index (Phi) is 12.3. The van der Waals surface area contributed by atoms with Crippen molar-refractivity contribution in [2.24, 2.45) is 17.6 Å². The first kappa shape index (κ1) is 32.6. The highest BCUT2D eigenvalue weighted by Gasteiger charge is 2.32. The first-order valence-corrected chi connectivity index (χ1v) is 13.6. The van der Waals surface area contributed by atoms with Crippen molar-refractivity contribution in [3.63, 3.8) is 0 Å². The van der Waals surface area contributed by atoms with Gasteiger partial charge < -0.3 is 30.4 Å². The van der Waals surface area contributed by atoms with Crippen LogP contribution in [-0.4, -0.2) is 67.3 Å². The molecule has 0 aromatic heterocycles. The highest BCUT2D eigenvalue weighted by atomic mass is 127. The highest BCUT2D eigenvalue weighted by molar-refractivity contribution is 14.1. The summed E-state index contributed by atoms with van der Waals surface area (Å²) in [7, 11) is 2.93. The number of primary amides is 1. The maximum Gasteiger partial charge on any atom is 0.405 e. The summed E-state index contributed by atoms with van der Waals surface area (Å²) in [4.78, 5) is 50.4. The zero-order chi connectivity index (χ0) is 29.4. The molecule has 39 heavy (non-hydrogen) atoms. The van der Waals surface area contributed by atoms with Crippen molar-refractivity contribution in [2.75, 3.05) is 14.2 Å². The number of nitrogens with two attached hydrogens (primary N) is 1. The van der Waals surface area contributed by atoms with E-state index in [1.807, 2.05) is 36.4 Å². The Hall–Kier alpha value is -2.61. The summed E-state index contributed by atoms with van der Waals surface area (Å²) in [5.74, 6) is -1.90. The smallest absolute Gasteiger partial charge is 0.405 e. The predicted molar refractivity (Wildman–Crippen MR) is 154 cm³/mol. The fourth-order valence-corrected chi connectivity index (χ4v) is 5.17. The van der Waals surface area contributed by atoms with E-state index in [2.05, 4.69) is 5.32 Å². The van der Waals surface area contributed by atoms with Crippen LogP contribution < -0.4 is 11.1 Å². The average molecular weight is 657 g/mol. The van der Waals surface area contributed by atoms with Crippen LogP contribution in [0.5, 0.6) is 0 Å². The number of nitrogens with one attached hydrogen (secondary N) is 1. The van der Waals surface area contributed by atoms with Gasteiger partial charge in [0.15, 0.2) is 11.9 Å². The van der Waals surface area contributed by atoms with Crippen LogP contribution in [0.2, 0.25) is 0 Å². The molecule has 0 aromatic carbocycles. The predicted octanol–water partition coefficient (Wildman–Crippen LogP) is 3.20. The number of ether oxygens (including phenoxy) is 3. The lowest BCUT2D eigenvalue weighted by Gasteiger charge is -2.29. The minimum absolute atomic E-state index is 0.0938. The number of Topliss-reactive ketones (excluding diaryl/α,β-unsaturated/α-hetero) is 1. The van der Waals surface area contributed by atoms with Crippen molar-refractivity contribution >= 4 is 46.2 Å². The van der Waals surface area contributed by atoms with Gasteiger partial charge in [0.05, 0.1) is 21.5 Å². The minimum atomic E-state index is -0.993. The van der Waals surface area contributed by atoms with Gasteiger partial charge in [-0.05, 0) is 60.8 Å². The number of rotatable bonds is 3. The molecule has 1 aliphatic carbocycles. The second kappa shape index (κ2) is 14.7. The molecule has 0 spiro atoms. The van der Waals surface area contributed by atoms with Gasteiger partial charge in [-0.3, -0.25) is 14.4 Å². The van der Waals surface area contributed by atoms with E-state index >= 15 is 0 Å². The normalized spacial score (nSPS) is 33.3. The molecule has 4 N–H and O–H groups in total. The van der Waals surface area contributed by atoms with Gasteiger partial charge in [0, 0.05) is 37.4 Å². The van der Waals surface area contributed by atoms with Crippen LogP contribution >= 0.6 is 22.6 Å². The molecular formula is C28H37IN2O8. The molecule has 0 fully saturated rings. The number of aliphatic hydroxyl groups is 1. The molecular weight excluding hydrogens is 619 g/mol. The van der Waals surface area contributed by atoms with Crippen molar-refractivity contribution in [1.82, 2.24) is 5.32 Å². The number of fused-ring (bicyclic) bond motifs is 2. The van der Waals surface area contributed by atoms with Crippen LogP contribution in [0.3, 0.4) is 0 Å². The average Bonchev–Trinajstić information content (AvgIpc) is 2.88. The van der Waals surface area contributed by atoms with Gasteiger partial charge in [0.2, 0.25) is 5.78 Å². The zero-order valence-corrected chi connectivity index (χ0v) is 25.2. The lowest BCUT2D eigenvalue weighted by molar-refractivity contribution is -0.120. The molecule has 0 saturated carbocycles. The molecule has 0 radical (unpaired) electrons. The maximum atomic E-state index is 13.2. The Morgan fingerprint density at radius 1 is 1.15 bits per heavy atom. The van der Waals surface area contributed by atoms with E-state index < -0.39 is 48.1 Å². The number of methoxy groups -OCH3 is 2. The Bertz CT molecular complexity index is 1140. The molecule has 0 saturated heterocycles. The maximum absolute atomic E-state index is 13.2. The molecule has 6 atom stereocenters. The fraction of sp³-hybridized carbons (Fsp3) is 0.500. The van der Waals surface area contributed by atoms with E-state index in [9.17, 15) is 24.3 Å².